The van der Waals surface area contributed by atoms with Crippen molar-refractivity contribution >= 4 is 0 Å². The fourth-order valence-electron chi connectivity index (χ4n) is 4.72. The summed E-state index contributed by atoms with van der Waals surface area (Å²) in [5.41, 5.74) is 0.500. The SMILES string of the molecule is C=CC.C=CC(=C)O.CC(C)(C)C.CC1CC2C3CCC(C3)C2C1.Oc1ccccc1. The molecule has 0 amide bonds. The summed E-state index contributed by atoms with van der Waals surface area (Å²) >= 11 is 0. The largest absolute Gasteiger partial charge is 0.509 e. The minimum atomic E-state index is 0.0185. The van der Waals surface area contributed by atoms with Crippen LogP contribution in [0.4, 0.5) is 0 Å². The second-order valence-corrected chi connectivity index (χ2v) is 10.7. The molecule has 1 aromatic carbocycles. The molecule has 176 valence electrons. The van der Waals surface area contributed by atoms with Gasteiger partial charge in [-0.3, -0.25) is 0 Å². The van der Waals surface area contributed by atoms with E-state index in [2.05, 4.69) is 54.4 Å². The van der Waals surface area contributed by atoms with Crippen molar-refractivity contribution in [2.45, 2.75) is 73.6 Å². The molecule has 4 atom stereocenters. The lowest BCUT2D eigenvalue weighted by Crippen LogP contribution is -2.15. The second kappa shape index (κ2) is 14.9. The van der Waals surface area contributed by atoms with Crippen molar-refractivity contribution in [1.29, 1.82) is 0 Å². The van der Waals surface area contributed by atoms with E-state index in [4.69, 9.17) is 10.2 Å². The molecule has 0 heterocycles. The van der Waals surface area contributed by atoms with Crippen LogP contribution in [0, 0.1) is 35.0 Å². The van der Waals surface area contributed by atoms with Crippen molar-refractivity contribution < 1.29 is 10.2 Å². The van der Waals surface area contributed by atoms with E-state index in [1.54, 1.807) is 62.4 Å². The Hall–Kier alpha value is -1.96. The summed E-state index contributed by atoms with van der Waals surface area (Å²) in [6.07, 6.45) is 11.0. The monoisotopic (exact) mass is 428 g/mol. The van der Waals surface area contributed by atoms with Gasteiger partial charge in [0.05, 0.1) is 0 Å². The molecule has 3 saturated carbocycles. The molecule has 31 heavy (non-hydrogen) atoms. The van der Waals surface area contributed by atoms with Crippen molar-refractivity contribution in [2.75, 3.05) is 0 Å². The van der Waals surface area contributed by atoms with Crippen molar-refractivity contribution in [1.82, 2.24) is 0 Å². The number of aliphatic hydroxyl groups excluding tert-OH is 1. The van der Waals surface area contributed by atoms with Crippen molar-refractivity contribution in [3.8, 4) is 5.75 Å². The van der Waals surface area contributed by atoms with Gasteiger partial charge in [0.25, 0.3) is 0 Å². The van der Waals surface area contributed by atoms with E-state index in [-0.39, 0.29) is 5.76 Å². The first-order valence-corrected chi connectivity index (χ1v) is 11.7. The summed E-state index contributed by atoms with van der Waals surface area (Å²) in [6.45, 7) is 22.8. The molecular weight excluding hydrogens is 380 g/mol. The number of benzene rings is 1. The van der Waals surface area contributed by atoms with Gasteiger partial charge in [-0.1, -0.05) is 72.1 Å². The molecule has 4 unspecified atom stereocenters. The number of rotatable bonds is 1. The van der Waals surface area contributed by atoms with E-state index >= 15 is 0 Å². The molecule has 0 aromatic heterocycles. The normalized spacial score (nSPS) is 26.7. The topological polar surface area (TPSA) is 40.5 Å². The highest BCUT2D eigenvalue weighted by Gasteiger charge is 2.50. The van der Waals surface area contributed by atoms with Gasteiger partial charge in [0.2, 0.25) is 0 Å². The second-order valence-electron chi connectivity index (χ2n) is 10.7. The molecule has 2 heteroatoms. The standard InChI is InChI=1S/C11H18.C6H6O.C5H12.C4H6O.C3H6/c1-7-4-10-8-2-3-9(6-8)11(10)5-7;7-6-4-2-1-3-5-6;1-5(2,3)4;1-3-4(2)5;1-3-2/h7-11H,2-6H2,1H3;1-5,7H;1-4H3;3,5H,1-2H2;3H,1H2,2H3. The third-order valence-electron chi connectivity index (χ3n) is 5.62. The minimum absolute atomic E-state index is 0.0185. The molecule has 2 bridgehead atoms. The number of hydrogen-bond acceptors (Lipinski definition) is 2. The number of allylic oxidation sites excluding steroid dienone is 2. The van der Waals surface area contributed by atoms with Crippen LogP contribution in [0.2, 0.25) is 0 Å². The highest BCUT2D eigenvalue weighted by molar-refractivity contribution is 5.18. The minimum Gasteiger partial charge on any atom is -0.509 e. The van der Waals surface area contributed by atoms with Gasteiger partial charge in [0.1, 0.15) is 11.5 Å². The molecule has 3 aliphatic rings. The average molecular weight is 429 g/mol. The summed E-state index contributed by atoms with van der Waals surface area (Å²) in [5.74, 6) is 6.12. The Labute approximate surface area is 192 Å². The van der Waals surface area contributed by atoms with E-state index in [1.807, 2.05) is 13.0 Å². The molecule has 0 spiro atoms. The maximum Gasteiger partial charge on any atom is 0.115 e. The zero-order chi connectivity index (χ0) is 24.0. The van der Waals surface area contributed by atoms with E-state index in [0.717, 1.165) is 5.92 Å². The molecule has 3 fully saturated rings. The van der Waals surface area contributed by atoms with Gasteiger partial charge in [-0.25, -0.2) is 0 Å². The predicted octanol–water partition coefficient (Wildman–Crippen LogP) is 8.96. The van der Waals surface area contributed by atoms with Gasteiger partial charge in [-0.05, 0) is 92.2 Å². The van der Waals surface area contributed by atoms with Crippen LogP contribution in [-0.2, 0) is 0 Å². The fourth-order valence-corrected chi connectivity index (χ4v) is 4.72. The summed E-state index contributed by atoms with van der Waals surface area (Å²) in [4.78, 5) is 0. The van der Waals surface area contributed by atoms with E-state index in [0.29, 0.717) is 11.2 Å². The van der Waals surface area contributed by atoms with Crippen molar-refractivity contribution in [3.05, 3.63) is 68.0 Å². The van der Waals surface area contributed by atoms with Gasteiger partial charge < -0.3 is 10.2 Å². The zero-order valence-corrected chi connectivity index (χ0v) is 21.0. The molecule has 2 nitrogen and oxygen atoms in total. The number of aliphatic hydroxyl groups is 1. The smallest absolute Gasteiger partial charge is 0.115 e. The Balaban J connectivity index is 0.000000396. The van der Waals surface area contributed by atoms with Crippen LogP contribution in [0.15, 0.2) is 68.0 Å². The van der Waals surface area contributed by atoms with Gasteiger partial charge in [0, 0.05) is 0 Å². The number of phenolic OH excluding ortho intramolecular Hbond substituents is 1. The first-order valence-electron chi connectivity index (χ1n) is 11.7. The number of hydrogen-bond donors (Lipinski definition) is 2. The molecule has 2 N–H and O–H groups in total. The van der Waals surface area contributed by atoms with E-state index in [1.165, 1.54) is 29.7 Å². The summed E-state index contributed by atoms with van der Waals surface area (Å²) in [6, 6.07) is 8.71. The third-order valence-corrected chi connectivity index (χ3v) is 5.62. The quantitative estimate of drug-likeness (QED) is 0.266. The van der Waals surface area contributed by atoms with Crippen LogP contribution in [-0.4, -0.2) is 10.2 Å². The van der Waals surface area contributed by atoms with Crippen LogP contribution in [0.3, 0.4) is 0 Å². The van der Waals surface area contributed by atoms with Gasteiger partial charge >= 0.3 is 0 Å². The highest BCUT2D eigenvalue weighted by Crippen LogP contribution is 2.59. The maximum atomic E-state index is 8.63. The van der Waals surface area contributed by atoms with E-state index in [9.17, 15) is 0 Å². The Morgan fingerprint density at radius 1 is 0.935 bits per heavy atom. The van der Waals surface area contributed by atoms with Crippen LogP contribution in [0.1, 0.15) is 73.6 Å². The molecule has 0 saturated heterocycles. The maximum absolute atomic E-state index is 8.63. The number of para-hydroxylation sites is 1. The highest BCUT2D eigenvalue weighted by atomic mass is 16.3. The summed E-state index contributed by atoms with van der Waals surface area (Å²) < 4.78 is 0. The lowest BCUT2D eigenvalue weighted by molar-refractivity contribution is 0.259. The predicted molar refractivity (Wildman–Crippen MR) is 137 cm³/mol. The Morgan fingerprint density at radius 3 is 1.55 bits per heavy atom. The van der Waals surface area contributed by atoms with Crippen molar-refractivity contribution in [3.63, 3.8) is 0 Å². The van der Waals surface area contributed by atoms with Crippen LogP contribution < -0.4 is 0 Å². The van der Waals surface area contributed by atoms with Crippen LogP contribution in [0.25, 0.3) is 0 Å². The fraction of sp³-hybridized carbons (Fsp3) is 0.586. The summed E-state index contributed by atoms with van der Waals surface area (Å²) in [7, 11) is 0. The number of aromatic hydroxyl groups is 1. The van der Waals surface area contributed by atoms with Gasteiger partial charge in [0.15, 0.2) is 0 Å². The third kappa shape index (κ3) is 13.9. The first kappa shape index (κ1) is 29.0. The average Bonchev–Trinajstić information content (AvgIpc) is 3.35. The molecule has 4 rings (SSSR count). The molecule has 3 aliphatic carbocycles. The molecule has 0 aliphatic heterocycles. The number of fused-ring (bicyclic) bond motifs is 5. The van der Waals surface area contributed by atoms with Crippen LogP contribution >= 0.6 is 0 Å². The lowest BCUT2D eigenvalue weighted by Gasteiger charge is -2.23. The summed E-state index contributed by atoms with van der Waals surface area (Å²) in [5, 5.41) is 16.7. The van der Waals surface area contributed by atoms with Crippen molar-refractivity contribution in [2.24, 2.45) is 35.0 Å². The van der Waals surface area contributed by atoms with Gasteiger partial charge in [-0.2, -0.15) is 0 Å². The molecule has 1 aromatic rings. The zero-order valence-electron chi connectivity index (χ0n) is 21.0. The Bertz CT molecular complexity index is 602. The van der Waals surface area contributed by atoms with Crippen LogP contribution in [0.5, 0.6) is 5.75 Å². The van der Waals surface area contributed by atoms with Gasteiger partial charge in [-0.15, -0.1) is 6.58 Å². The Morgan fingerprint density at radius 2 is 1.29 bits per heavy atom. The number of phenols is 1. The molecular formula is C29H48O2. The Kier molecular flexibility index (Phi) is 14.0. The lowest BCUT2D eigenvalue weighted by atomic mass is 9.82. The van der Waals surface area contributed by atoms with E-state index < -0.39 is 0 Å². The first-order chi connectivity index (χ1) is 14.4. The molecule has 0 radical (unpaired) electrons.